The highest BCUT2D eigenvalue weighted by molar-refractivity contribution is 5.15. The minimum absolute atomic E-state index is 0.266. The van der Waals surface area contributed by atoms with E-state index in [-0.39, 0.29) is 24.4 Å². The van der Waals surface area contributed by atoms with Crippen molar-refractivity contribution in [2.24, 2.45) is 11.8 Å². The summed E-state index contributed by atoms with van der Waals surface area (Å²) in [6.07, 6.45) is 3.53. The summed E-state index contributed by atoms with van der Waals surface area (Å²) in [6, 6.07) is 21.1. The number of benzene rings is 2. The molecule has 148 valence electrons. The van der Waals surface area contributed by atoms with Crippen LogP contribution in [0, 0.1) is 11.8 Å². The van der Waals surface area contributed by atoms with Crippen LogP contribution in [0.3, 0.4) is 0 Å². The lowest BCUT2D eigenvalue weighted by atomic mass is 9.99. The van der Waals surface area contributed by atoms with Crippen molar-refractivity contribution in [1.82, 2.24) is 0 Å². The molecule has 3 heteroatoms. The summed E-state index contributed by atoms with van der Waals surface area (Å²) in [4.78, 5) is 0. The van der Waals surface area contributed by atoms with Crippen molar-refractivity contribution in [3.05, 3.63) is 71.8 Å². The van der Waals surface area contributed by atoms with Gasteiger partial charge in [0.05, 0.1) is 0 Å². The highest BCUT2D eigenvalue weighted by atomic mass is 16.8. The van der Waals surface area contributed by atoms with Gasteiger partial charge < -0.3 is 14.2 Å². The van der Waals surface area contributed by atoms with Gasteiger partial charge in [0.25, 0.3) is 0 Å². The molecule has 0 spiro atoms. The van der Waals surface area contributed by atoms with Crippen molar-refractivity contribution in [2.45, 2.75) is 52.1 Å². The van der Waals surface area contributed by atoms with Crippen molar-refractivity contribution < 1.29 is 14.2 Å². The van der Waals surface area contributed by atoms with Gasteiger partial charge in [-0.1, -0.05) is 74.5 Å². The van der Waals surface area contributed by atoms with Gasteiger partial charge in [-0.15, -0.1) is 0 Å². The van der Waals surface area contributed by atoms with E-state index >= 15 is 0 Å². The van der Waals surface area contributed by atoms with Crippen molar-refractivity contribution >= 4 is 0 Å². The predicted molar refractivity (Wildman–Crippen MR) is 111 cm³/mol. The quantitative estimate of drug-likeness (QED) is 0.463. The van der Waals surface area contributed by atoms with E-state index in [0.29, 0.717) is 0 Å². The number of methoxy groups -OCH3 is 2. The van der Waals surface area contributed by atoms with Crippen LogP contribution in [-0.4, -0.2) is 26.8 Å². The third-order valence-corrected chi connectivity index (χ3v) is 5.12. The van der Waals surface area contributed by atoms with E-state index in [1.54, 1.807) is 14.2 Å². The molecule has 0 radical (unpaired) electrons. The summed E-state index contributed by atoms with van der Waals surface area (Å²) in [5, 5.41) is 0. The molecule has 3 nitrogen and oxygen atoms in total. The van der Waals surface area contributed by atoms with Crippen molar-refractivity contribution in [3.63, 3.8) is 0 Å². The Hall–Kier alpha value is -1.68. The van der Waals surface area contributed by atoms with Gasteiger partial charge in [0.2, 0.25) is 0 Å². The van der Waals surface area contributed by atoms with Crippen LogP contribution >= 0.6 is 0 Å². The molecule has 2 rings (SSSR count). The Labute approximate surface area is 164 Å². The summed E-state index contributed by atoms with van der Waals surface area (Å²) in [7, 11) is 3.43. The van der Waals surface area contributed by atoms with Crippen LogP contribution in [0.2, 0.25) is 0 Å². The lowest BCUT2D eigenvalue weighted by molar-refractivity contribution is -0.261. The maximum atomic E-state index is 6.20. The minimum atomic E-state index is -0.266. The first-order valence-corrected chi connectivity index (χ1v) is 9.93. The van der Waals surface area contributed by atoms with Crippen LogP contribution in [0.5, 0.6) is 0 Å². The Morgan fingerprint density at radius 3 is 1.33 bits per heavy atom. The second-order valence-corrected chi connectivity index (χ2v) is 7.35. The van der Waals surface area contributed by atoms with E-state index in [9.17, 15) is 0 Å². The maximum absolute atomic E-state index is 6.20. The van der Waals surface area contributed by atoms with Gasteiger partial charge in [0, 0.05) is 26.1 Å². The number of hydrogen-bond acceptors (Lipinski definition) is 3. The third-order valence-electron chi connectivity index (χ3n) is 5.12. The predicted octanol–water partition coefficient (Wildman–Crippen LogP) is 5.49. The molecule has 2 aromatic carbocycles. The molecule has 0 N–H and O–H groups in total. The zero-order valence-electron chi connectivity index (χ0n) is 17.1. The fourth-order valence-corrected chi connectivity index (χ4v) is 3.33. The second-order valence-electron chi connectivity index (χ2n) is 7.35. The highest BCUT2D eigenvalue weighted by Crippen LogP contribution is 2.23. The molecule has 0 aromatic heterocycles. The topological polar surface area (TPSA) is 27.7 Å². The van der Waals surface area contributed by atoms with E-state index in [1.165, 1.54) is 11.1 Å². The lowest BCUT2D eigenvalue weighted by Crippen LogP contribution is -2.34. The molecular weight excluding hydrogens is 336 g/mol. The Kier molecular flexibility index (Phi) is 9.54. The van der Waals surface area contributed by atoms with Gasteiger partial charge in [-0.2, -0.15) is 0 Å². The van der Waals surface area contributed by atoms with Crippen LogP contribution in [0.25, 0.3) is 0 Å². The first-order chi connectivity index (χ1) is 13.1. The van der Waals surface area contributed by atoms with E-state index in [0.717, 1.165) is 25.7 Å². The molecule has 0 heterocycles. The summed E-state index contributed by atoms with van der Waals surface area (Å²) >= 11 is 0. The number of ether oxygens (including phenoxy) is 3. The van der Waals surface area contributed by atoms with Gasteiger partial charge in [0.1, 0.15) is 0 Å². The molecule has 0 aliphatic carbocycles. The largest absolute Gasteiger partial charge is 0.355 e. The van der Waals surface area contributed by atoms with Crippen molar-refractivity contribution in [1.29, 1.82) is 0 Å². The summed E-state index contributed by atoms with van der Waals surface area (Å²) in [5.41, 5.74) is 2.69. The van der Waals surface area contributed by atoms with Gasteiger partial charge in [0.15, 0.2) is 12.6 Å². The van der Waals surface area contributed by atoms with Crippen LogP contribution < -0.4 is 0 Å². The normalized spacial score (nSPS) is 15.9. The zero-order valence-corrected chi connectivity index (χ0v) is 17.1. The van der Waals surface area contributed by atoms with Crippen LogP contribution in [0.15, 0.2) is 60.7 Å². The van der Waals surface area contributed by atoms with E-state index in [1.807, 2.05) is 12.1 Å². The monoisotopic (exact) mass is 370 g/mol. The molecule has 0 aliphatic heterocycles. The fraction of sp³-hybridized carbons (Fsp3) is 0.500. The zero-order chi connectivity index (χ0) is 19.5. The molecule has 2 aromatic rings. The molecule has 0 saturated carbocycles. The Bertz CT molecular complexity index is 559. The van der Waals surface area contributed by atoms with Gasteiger partial charge in [-0.3, -0.25) is 0 Å². The van der Waals surface area contributed by atoms with E-state index < -0.39 is 0 Å². The Morgan fingerprint density at radius 2 is 1.00 bits per heavy atom. The summed E-state index contributed by atoms with van der Waals surface area (Å²) < 4.78 is 17.5. The van der Waals surface area contributed by atoms with Crippen LogP contribution in [0.1, 0.15) is 37.8 Å². The molecule has 27 heavy (non-hydrogen) atoms. The molecular formula is C24H34O3. The molecule has 4 unspecified atom stereocenters. The van der Waals surface area contributed by atoms with Gasteiger partial charge >= 0.3 is 0 Å². The van der Waals surface area contributed by atoms with Gasteiger partial charge in [-0.05, 0) is 36.8 Å². The van der Waals surface area contributed by atoms with Gasteiger partial charge in [-0.25, -0.2) is 0 Å². The first kappa shape index (κ1) is 21.6. The summed E-state index contributed by atoms with van der Waals surface area (Å²) in [6.45, 7) is 4.36. The maximum Gasteiger partial charge on any atom is 0.162 e. The van der Waals surface area contributed by atoms with Crippen LogP contribution in [-0.2, 0) is 27.1 Å². The molecule has 0 bridgehead atoms. The second kappa shape index (κ2) is 11.9. The summed E-state index contributed by atoms with van der Waals surface area (Å²) in [5.74, 6) is 0.573. The van der Waals surface area contributed by atoms with E-state index in [2.05, 4.69) is 62.4 Å². The van der Waals surface area contributed by atoms with E-state index in [4.69, 9.17) is 14.2 Å². The third kappa shape index (κ3) is 7.45. The smallest absolute Gasteiger partial charge is 0.162 e. The minimum Gasteiger partial charge on any atom is -0.355 e. The number of rotatable bonds is 12. The Balaban J connectivity index is 1.83. The molecule has 4 atom stereocenters. The number of hydrogen-bond donors (Lipinski definition) is 0. The first-order valence-electron chi connectivity index (χ1n) is 9.93. The molecule has 0 fully saturated rings. The molecule has 0 saturated heterocycles. The Morgan fingerprint density at radius 1 is 0.630 bits per heavy atom. The van der Waals surface area contributed by atoms with Crippen molar-refractivity contribution in [3.8, 4) is 0 Å². The lowest BCUT2D eigenvalue weighted by Gasteiger charge is -2.30. The molecule has 0 amide bonds. The average Bonchev–Trinajstić information content (AvgIpc) is 2.72. The average molecular weight is 371 g/mol. The molecule has 0 aliphatic rings. The standard InChI is InChI=1S/C24H34O3/c1-19(15-17-21-11-7-5-8-12-21)23(25-3)27-24(26-4)20(2)16-18-22-13-9-6-10-14-22/h5-14,19-20,23-24H,15-18H2,1-4H3. The number of aryl methyl sites for hydroxylation is 2. The van der Waals surface area contributed by atoms with Crippen molar-refractivity contribution in [2.75, 3.05) is 14.2 Å². The van der Waals surface area contributed by atoms with Crippen LogP contribution in [0.4, 0.5) is 0 Å². The highest BCUT2D eigenvalue weighted by Gasteiger charge is 2.25. The fourth-order valence-electron chi connectivity index (χ4n) is 3.33. The SMILES string of the molecule is COC(OC(OC)C(C)CCc1ccccc1)C(C)CCc1ccccc1.